The third-order valence-corrected chi connectivity index (χ3v) is 6.25. The lowest BCUT2D eigenvalue weighted by Crippen LogP contribution is -2.37. The Hall–Kier alpha value is -4.09. The number of hydrogen-bond acceptors (Lipinski definition) is 6. The van der Waals surface area contributed by atoms with E-state index in [-0.39, 0.29) is 43.9 Å². The molecule has 0 saturated carbocycles. The van der Waals surface area contributed by atoms with Crippen molar-refractivity contribution >= 4 is 11.8 Å². The number of ether oxygens (including phenoxy) is 2. The molecule has 0 amide bonds. The quantitative estimate of drug-likeness (QED) is 0.407. The van der Waals surface area contributed by atoms with Crippen molar-refractivity contribution in [2.45, 2.75) is 44.1 Å². The average molecular weight is 535 g/mol. The van der Waals surface area contributed by atoms with E-state index in [1.54, 1.807) is 30.3 Å². The van der Waals surface area contributed by atoms with Gasteiger partial charge in [-0.1, -0.05) is 24.3 Å². The molecular weight excluding hydrogens is 510 g/mol. The minimum absolute atomic E-state index is 0.0175. The minimum Gasteiger partial charge on any atom is -0.497 e. The second-order valence-electron chi connectivity index (χ2n) is 8.87. The average Bonchev–Trinajstić information content (AvgIpc) is 3.27. The van der Waals surface area contributed by atoms with Crippen molar-refractivity contribution in [3.63, 3.8) is 0 Å². The molecule has 1 aliphatic rings. The Morgan fingerprint density at radius 1 is 1.16 bits per heavy atom. The van der Waals surface area contributed by atoms with E-state index in [2.05, 4.69) is 5.10 Å². The number of hydrogen-bond donors (Lipinski definition) is 1. The van der Waals surface area contributed by atoms with Crippen LogP contribution in [0.4, 0.5) is 23.4 Å². The van der Waals surface area contributed by atoms with Crippen LogP contribution in [0.25, 0.3) is 0 Å². The van der Waals surface area contributed by atoms with Gasteiger partial charge in [0.25, 0.3) is 5.56 Å². The zero-order chi connectivity index (χ0) is 27.4. The second-order valence-corrected chi connectivity index (χ2v) is 8.87. The van der Waals surface area contributed by atoms with Crippen LogP contribution in [0.5, 0.6) is 11.5 Å². The fraction of sp³-hybridized carbons (Fsp3) is 0.346. The summed E-state index contributed by atoms with van der Waals surface area (Å²) in [5.41, 5.74) is -2.18. The van der Waals surface area contributed by atoms with Crippen LogP contribution in [-0.4, -0.2) is 46.7 Å². The summed E-state index contributed by atoms with van der Waals surface area (Å²) in [5.74, 6) is -1.31. The Kier molecular flexibility index (Phi) is 7.88. The lowest BCUT2D eigenvalue weighted by molar-refractivity contribution is -0.139. The topological polar surface area (TPSA) is 93.9 Å². The van der Waals surface area contributed by atoms with Crippen molar-refractivity contribution in [1.29, 1.82) is 0 Å². The van der Waals surface area contributed by atoms with Gasteiger partial charge in [0.2, 0.25) is 0 Å². The van der Waals surface area contributed by atoms with Crippen LogP contribution in [0, 0.1) is 5.82 Å². The third kappa shape index (κ3) is 6.24. The van der Waals surface area contributed by atoms with Crippen LogP contribution >= 0.6 is 0 Å². The molecule has 4 rings (SSSR count). The maximum atomic E-state index is 14.2. The standard InChI is InChI=1S/C26H25F4N3O5/c1-37-18-9-6-16(7-10-18)14-33-25(36)20(26(28,29)30)13-23(31-33)32-15-19(12-17(32)8-11-24(34)35)38-22-5-3-2-4-21(22)27/h2-7,9-10,13,17,19H,8,11-12,14-15H2,1H3,(H,34,35)/t17-,19+/m1/s1. The summed E-state index contributed by atoms with van der Waals surface area (Å²) in [7, 11) is 1.47. The zero-order valence-corrected chi connectivity index (χ0v) is 20.3. The summed E-state index contributed by atoms with van der Waals surface area (Å²) in [6.45, 7) is -0.216. The molecule has 12 heteroatoms. The van der Waals surface area contributed by atoms with Gasteiger partial charge in [0.15, 0.2) is 11.6 Å². The van der Waals surface area contributed by atoms with E-state index in [4.69, 9.17) is 9.47 Å². The molecule has 0 unspecified atom stereocenters. The number of carbonyl (C=O) groups is 1. The van der Waals surface area contributed by atoms with Crippen LogP contribution in [0.15, 0.2) is 59.4 Å². The Labute approximate surface area is 215 Å². The molecular formula is C26H25F4N3O5. The summed E-state index contributed by atoms with van der Waals surface area (Å²) >= 11 is 0. The number of halogens is 4. The van der Waals surface area contributed by atoms with Gasteiger partial charge in [-0.05, 0) is 36.2 Å². The number of aliphatic carboxylic acids is 1. The number of benzene rings is 2. The molecule has 1 N–H and O–H groups in total. The smallest absolute Gasteiger partial charge is 0.421 e. The van der Waals surface area contributed by atoms with E-state index in [1.807, 2.05) is 0 Å². The van der Waals surface area contributed by atoms with Gasteiger partial charge >= 0.3 is 12.1 Å². The lowest BCUT2D eigenvalue weighted by atomic mass is 10.1. The number of carboxylic acids is 1. The minimum atomic E-state index is -4.95. The molecule has 0 aliphatic carbocycles. The maximum absolute atomic E-state index is 14.2. The molecule has 202 valence electrons. The number of methoxy groups -OCH3 is 1. The third-order valence-electron chi connectivity index (χ3n) is 6.25. The first kappa shape index (κ1) is 27.0. The van der Waals surface area contributed by atoms with E-state index in [0.29, 0.717) is 17.4 Å². The number of nitrogens with zero attached hydrogens (tertiary/aromatic N) is 3. The van der Waals surface area contributed by atoms with Crippen LogP contribution in [0.2, 0.25) is 0 Å². The van der Waals surface area contributed by atoms with Gasteiger partial charge in [-0.25, -0.2) is 9.07 Å². The maximum Gasteiger partial charge on any atom is 0.421 e. The van der Waals surface area contributed by atoms with Gasteiger partial charge in [-0.15, -0.1) is 0 Å². The number of anilines is 1. The molecule has 0 bridgehead atoms. The Morgan fingerprint density at radius 2 is 1.87 bits per heavy atom. The second kappa shape index (κ2) is 11.1. The highest BCUT2D eigenvalue weighted by molar-refractivity contribution is 5.66. The van der Waals surface area contributed by atoms with Crippen molar-refractivity contribution in [3.8, 4) is 11.5 Å². The van der Waals surface area contributed by atoms with Crippen LogP contribution in [0.1, 0.15) is 30.4 Å². The van der Waals surface area contributed by atoms with Gasteiger partial charge in [0.05, 0.1) is 20.2 Å². The molecule has 8 nitrogen and oxygen atoms in total. The van der Waals surface area contributed by atoms with E-state index in [1.165, 1.54) is 30.2 Å². The monoisotopic (exact) mass is 535 g/mol. The largest absolute Gasteiger partial charge is 0.497 e. The summed E-state index contributed by atoms with van der Waals surface area (Å²) in [4.78, 5) is 25.5. The summed E-state index contributed by atoms with van der Waals surface area (Å²) in [6, 6.07) is 12.3. The lowest BCUT2D eigenvalue weighted by Gasteiger charge is -2.26. The molecule has 2 aromatic carbocycles. The predicted octanol–water partition coefficient (Wildman–Crippen LogP) is 4.35. The van der Waals surface area contributed by atoms with Crippen molar-refractivity contribution in [1.82, 2.24) is 9.78 Å². The Bertz CT molecular complexity index is 1340. The van der Waals surface area contributed by atoms with E-state index in [0.717, 1.165) is 4.68 Å². The van der Waals surface area contributed by atoms with Gasteiger partial charge in [0, 0.05) is 24.9 Å². The van der Waals surface area contributed by atoms with Crippen molar-refractivity contribution in [3.05, 3.63) is 81.9 Å². The molecule has 3 aromatic rings. The highest BCUT2D eigenvalue weighted by Gasteiger charge is 2.39. The first-order valence-electron chi connectivity index (χ1n) is 11.8. The van der Waals surface area contributed by atoms with Gasteiger partial charge in [-0.3, -0.25) is 9.59 Å². The first-order chi connectivity index (χ1) is 18.0. The van der Waals surface area contributed by atoms with E-state index < -0.39 is 41.2 Å². The molecule has 1 aliphatic heterocycles. The molecule has 0 spiro atoms. The number of carboxylic acid groups (broad SMARTS) is 1. The van der Waals surface area contributed by atoms with E-state index in [9.17, 15) is 32.3 Å². The number of aromatic nitrogens is 2. The van der Waals surface area contributed by atoms with Crippen LogP contribution in [0.3, 0.4) is 0 Å². The first-order valence-corrected chi connectivity index (χ1v) is 11.8. The van der Waals surface area contributed by atoms with Crippen molar-refractivity contribution in [2.75, 3.05) is 18.6 Å². The normalized spacial score (nSPS) is 17.4. The fourth-order valence-corrected chi connectivity index (χ4v) is 4.41. The van der Waals surface area contributed by atoms with Gasteiger partial charge < -0.3 is 19.5 Å². The Balaban J connectivity index is 1.70. The van der Waals surface area contributed by atoms with Crippen molar-refractivity contribution < 1.29 is 36.9 Å². The molecule has 38 heavy (non-hydrogen) atoms. The summed E-state index contributed by atoms with van der Waals surface area (Å²) in [5, 5.41) is 13.4. The fourth-order valence-electron chi connectivity index (χ4n) is 4.41. The summed E-state index contributed by atoms with van der Waals surface area (Å²) < 4.78 is 67.4. The number of para-hydroxylation sites is 1. The molecule has 2 atom stereocenters. The highest BCUT2D eigenvalue weighted by Crippen LogP contribution is 2.33. The molecule has 1 saturated heterocycles. The zero-order valence-electron chi connectivity index (χ0n) is 20.3. The van der Waals surface area contributed by atoms with Gasteiger partial charge in [0.1, 0.15) is 23.2 Å². The number of rotatable bonds is 9. The van der Waals surface area contributed by atoms with Crippen molar-refractivity contribution in [2.24, 2.45) is 0 Å². The predicted molar refractivity (Wildman–Crippen MR) is 129 cm³/mol. The highest BCUT2D eigenvalue weighted by atomic mass is 19.4. The Morgan fingerprint density at radius 3 is 2.50 bits per heavy atom. The molecule has 2 heterocycles. The SMILES string of the molecule is COc1ccc(Cn2nc(N3C[C@@H](Oc4ccccc4F)C[C@H]3CCC(=O)O)cc(C(F)(F)F)c2=O)cc1. The summed E-state index contributed by atoms with van der Waals surface area (Å²) in [6.07, 6.45) is -5.53. The van der Waals surface area contributed by atoms with Crippen LogP contribution in [-0.2, 0) is 17.5 Å². The molecule has 1 aromatic heterocycles. The number of alkyl halides is 3. The molecule has 0 radical (unpaired) electrons. The van der Waals surface area contributed by atoms with Crippen LogP contribution < -0.4 is 19.9 Å². The molecule has 1 fully saturated rings. The van der Waals surface area contributed by atoms with E-state index >= 15 is 0 Å². The van der Waals surface area contributed by atoms with Gasteiger partial charge in [-0.2, -0.15) is 18.3 Å².